The summed E-state index contributed by atoms with van der Waals surface area (Å²) < 4.78 is 0. The molecule has 3 nitrogen and oxygen atoms in total. The highest BCUT2D eigenvalue weighted by atomic mass is 16.1. The molecule has 13 heavy (non-hydrogen) atoms. The Balaban J connectivity index is 2.59. The molecule has 1 heterocycles. The largest absolute Gasteiger partial charge is 0.398 e. The maximum absolute atomic E-state index is 10.7. The topological polar surface area (TPSA) is 55.1 Å². The van der Waals surface area contributed by atoms with Gasteiger partial charge in [-0.3, -0.25) is 0 Å². The molecule has 0 aromatic heterocycles. The Labute approximate surface area is 76.2 Å². The Morgan fingerprint density at radius 3 is 3.08 bits per heavy atom. The maximum Gasteiger partial charge on any atom is 0.146 e. The molecule has 0 fully saturated rings. The average molecular weight is 174 g/mol. The van der Waals surface area contributed by atoms with E-state index in [9.17, 15) is 4.79 Å². The third-order valence-corrected chi connectivity index (χ3v) is 2.17. The fraction of sp³-hybridized carbons (Fsp3) is 0.100. The molecule has 0 spiro atoms. The zero-order valence-electron chi connectivity index (χ0n) is 7.03. The first-order valence-corrected chi connectivity index (χ1v) is 4.09. The summed E-state index contributed by atoms with van der Waals surface area (Å²) in [5, 5.41) is 2.95. The van der Waals surface area contributed by atoms with Gasteiger partial charge in [0.05, 0.1) is 0 Å². The third-order valence-electron chi connectivity index (χ3n) is 2.17. The lowest BCUT2D eigenvalue weighted by molar-refractivity contribution is -0.109. The molecule has 3 heteroatoms. The van der Waals surface area contributed by atoms with Crippen molar-refractivity contribution in [3.63, 3.8) is 0 Å². The summed E-state index contributed by atoms with van der Waals surface area (Å²) in [5.41, 5.74) is 8.36. The summed E-state index contributed by atoms with van der Waals surface area (Å²) in [7, 11) is 0. The molecule has 1 aromatic carbocycles. The second-order valence-corrected chi connectivity index (χ2v) is 2.96. The summed E-state index contributed by atoms with van der Waals surface area (Å²) in [6.45, 7) is 0. The fourth-order valence-electron chi connectivity index (χ4n) is 1.50. The van der Waals surface area contributed by atoms with Crippen LogP contribution >= 0.6 is 0 Å². The van der Waals surface area contributed by atoms with E-state index in [2.05, 4.69) is 5.32 Å². The molecule has 1 unspecified atom stereocenters. The minimum atomic E-state index is -0.261. The molecule has 0 bridgehead atoms. The van der Waals surface area contributed by atoms with Gasteiger partial charge in [-0.25, -0.2) is 0 Å². The molecule has 1 aliphatic rings. The minimum absolute atomic E-state index is 0.261. The molecule has 0 saturated heterocycles. The Hall–Kier alpha value is -1.77. The van der Waals surface area contributed by atoms with E-state index in [0.29, 0.717) is 5.69 Å². The molecule has 1 aliphatic heterocycles. The Morgan fingerprint density at radius 1 is 1.46 bits per heavy atom. The lowest BCUT2D eigenvalue weighted by Crippen LogP contribution is -2.21. The van der Waals surface area contributed by atoms with E-state index >= 15 is 0 Å². The van der Waals surface area contributed by atoms with E-state index in [1.807, 2.05) is 24.3 Å². The molecular weight excluding hydrogens is 164 g/mol. The van der Waals surface area contributed by atoms with Gasteiger partial charge >= 0.3 is 0 Å². The van der Waals surface area contributed by atoms with Gasteiger partial charge in [0.1, 0.15) is 12.3 Å². The van der Waals surface area contributed by atoms with E-state index in [1.165, 1.54) is 0 Å². The van der Waals surface area contributed by atoms with Crippen LogP contribution in [-0.4, -0.2) is 6.29 Å². The van der Waals surface area contributed by atoms with E-state index < -0.39 is 0 Å². The van der Waals surface area contributed by atoms with Crippen molar-refractivity contribution in [2.45, 2.75) is 6.04 Å². The fourth-order valence-corrected chi connectivity index (χ4v) is 1.50. The second kappa shape index (κ2) is 2.94. The molecule has 1 aromatic rings. The van der Waals surface area contributed by atoms with Crippen LogP contribution in [0.4, 0.5) is 5.69 Å². The van der Waals surface area contributed by atoms with Crippen LogP contribution < -0.4 is 11.1 Å². The molecule has 0 aliphatic carbocycles. The summed E-state index contributed by atoms with van der Waals surface area (Å²) in [5.74, 6) is 0. The number of hydrogen-bond acceptors (Lipinski definition) is 3. The zero-order valence-corrected chi connectivity index (χ0v) is 7.03. The quantitative estimate of drug-likeness (QED) is 0.495. The van der Waals surface area contributed by atoms with Crippen molar-refractivity contribution in [2.24, 2.45) is 0 Å². The van der Waals surface area contributed by atoms with Crippen LogP contribution in [0.25, 0.3) is 6.08 Å². The minimum Gasteiger partial charge on any atom is -0.398 e. The van der Waals surface area contributed by atoms with Gasteiger partial charge in [-0.1, -0.05) is 12.1 Å². The lowest BCUT2D eigenvalue weighted by Gasteiger charge is -2.19. The molecule has 0 radical (unpaired) electrons. The van der Waals surface area contributed by atoms with Gasteiger partial charge in [-0.15, -0.1) is 0 Å². The Kier molecular flexibility index (Phi) is 1.77. The van der Waals surface area contributed by atoms with Gasteiger partial charge in [0, 0.05) is 11.3 Å². The first kappa shape index (κ1) is 7.86. The number of nitrogens with one attached hydrogen (secondary N) is 1. The van der Waals surface area contributed by atoms with E-state index in [-0.39, 0.29) is 6.04 Å². The first-order chi connectivity index (χ1) is 6.33. The zero-order chi connectivity index (χ0) is 9.26. The smallest absolute Gasteiger partial charge is 0.146 e. The van der Waals surface area contributed by atoms with Crippen molar-refractivity contribution >= 4 is 18.0 Å². The van der Waals surface area contributed by atoms with Crippen LogP contribution in [0.2, 0.25) is 0 Å². The van der Waals surface area contributed by atoms with Crippen LogP contribution in [0.5, 0.6) is 0 Å². The van der Waals surface area contributed by atoms with Crippen molar-refractivity contribution in [2.75, 3.05) is 5.73 Å². The van der Waals surface area contributed by atoms with Gasteiger partial charge in [0.25, 0.3) is 0 Å². The normalized spacial score (nSPS) is 18.9. The number of fused-ring (bicyclic) bond motifs is 1. The first-order valence-electron chi connectivity index (χ1n) is 4.09. The van der Waals surface area contributed by atoms with Gasteiger partial charge in [-0.2, -0.15) is 0 Å². The second-order valence-electron chi connectivity index (χ2n) is 2.96. The van der Waals surface area contributed by atoms with Crippen LogP contribution in [0.3, 0.4) is 0 Å². The Bertz CT molecular complexity index is 371. The number of nitrogens with two attached hydrogens (primary N) is 1. The standard InChI is InChI=1S/C10H10N2O/c11-9-3-1-2-8-7(9)4-5-12-10(8)6-13/h1-6,10,12H,11H2. The number of aldehydes is 1. The summed E-state index contributed by atoms with van der Waals surface area (Å²) in [4.78, 5) is 10.7. The third kappa shape index (κ3) is 1.18. The van der Waals surface area contributed by atoms with Crippen molar-refractivity contribution < 1.29 is 4.79 Å². The number of nitrogen functional groups attached to an aromatic ring is 1. The molecular formula is C10H10N2O. The SMILES string of the molecule is Nc1cccc2c1C=CNC2C=O. The number of benzene rings is 1. The van der Waals surface area contributed by atoms with E-state index in [0.717, 1.165) is 17.4 Å². The molecule has 3 N–H and O–H groups in total. The predicted octanol–water partition coefficient (Wildman–Crippen LogP) is 1.08. The summed E-state index contributed by atoms with van der Waals surface area (Å²) >= 11 is 0. The van der Waals surface area contributed by atoms with Gasteiger partial charge in [0.15, 0.2) is 0 Å². The molecule has 66 valence electrons. The lowest BCUT2D eigenvalue weighted by atomic mass is 9.97. The highest BCUT2D eigenvalue weighted by molar-refractivity contribution is 5.75. The maximum atomic E-state index is 10.7. The van der Waals surface area contributed by atoms with Crippen molar-refractivity contribution in [1.29, 1.82) is 0 Å². The van der Waals surface area contributed by atoms with Crippen molar-refractivity contribution in [1.82, 2.24) is 5.32 Å². The number of carbonyl (C=O) groups is 1. The van der Waals surface area contributed by atoms with Crippen LogP contribution in [0, 0.1) is 0 Å². The van der Waals surface area contributed by atoms with Crippen molar-refractivity contribution in [3.8, 4) is 0 Å². The van der Waals surface area contributed by atoms with E-state index in [1.54, 1.807) is 6.20 Å². The molecule has 0 amide bonds. The summed E-state index contributed by atoms with van der Waals surface area (Å²) in [6.07, 6.45) is 4.50. The summed E-state index contributed by atoms with van der Waals surface area (Å²) in [6, 6.07) is 5.33. The molecule has 0 saturated carbocycles. The predicted molar refractivity (Wildman–Crippen MR) is 51.8 cm³/mol. The highest BCUT2D eigenvalue weighted by Gasteiger charge is 2.16. The van der Waals surface area contributed by atoms with Crippen LogP contribution in [0.15, 0.2) is 24.4 Å². The van der Waals surface area contributed by atoms with Crippen LogP contribution in [-0.2, 0) is 4.79 Å². The van der Waals surface area contributed by atoms with Crippen LogP contribution in [0.1, 0.15) is 17.2 Å². The molecule has 2 rings (SSSR count). The van der Waals surface area contributed by atoms with Crippen molar-refractivity contribution in [3.05, 3.63) is 35.5 Å². The monoisotopic (exact) mass is 174 g/mol. The number of anilines is 1. The average Bonchev–Trinajstić information content (AvgIpc) is 2.18. The number of carbonyl (C=O) groups excluding carboxylic acids is 1. The number of hydrogen-bond donors (Lipinski definition) is 2. The van der Waals surface area contributed by atoms with E-state index in [4.69, 9.17) is 5.73 Å². The highest BCUT2D eigenvalue weighted by Crippen LogP contribution is 2.26. The van der Waals surface area contributed by atoms with Gasteiger partial charge in [0.2, 0.25) is 0 Å². The Morgan fingerprint density at radius 2 is 2.31 bits per heavy atom. The van der Waals surface area contributed by atoms with Gasteiger partial charge < -0.3 is 15.8 Å². The molecule has 1 atom stereocenters. The number of rotatable bonds is 1. The van der Waals surface area contributed by atoms with Gasteiger partial charge in [-0.05, 0) is 23.9 Å².